The highest BCUT2D eigenvalue weighted by molar-refractivity contribution is 5.80. The molecule has 4 rings (SSSR count). The number of para-hydroxylation sites is 3. The lowest BCUT2D eigenvalue weighted by Gasteiger charge is -2.10. The van der Waals surface area contributed by atoms with Crippen LogP contribution in [-0.4, -0.2) is 19.6 Å². The molecule has 0 spiro atoms. The van der Waals surface area contributed by atoms with Crippen molar-refractivity contribution in [2.45, 2.75) is 6.54 Å². The molecule has 2 heterocycles. The quantitative estimate of drug-likeness (QED) is 0.625. The van der Waals surface area contributed by atoms with E-state index in [1.54, 1.807) is 18.5 Å². The summed E-state index contributed by atoms with van der Waals surface area (Å²) in [6, 6.07) is 19.3. The second-order valence-electron chi connectivity index (χ2n) is 5.37. The van der Waals surface area contributed by atoms with E-state index < -0.39 is 0 Å². The Balaban J connectivity index is 1.92. The van der Waals surface area contributed by atoms with Gasteiger partial charge >= 0.3 is 0 Å². The molecule has 4 heteroatoms. The van der Waals surface area contributed by atoms with Crippen LogP contribution >= 0.6 is 0 Å². The highest BCUT2D eigenvalue weighted by atomic mass is 16.3. The minimum absolute atomic E-state index is 0.297. The molecule has 0 aliphatic rings. The number of rotatable bonds is 3. The monoisotopic (exact) mass is 301 g/mol. The van der Waals surface area contributed by atoms with Crippen molar-refractivity contribution in [3.05, 3.63) is 78.6 Å². The Bertz CT molecular complexity index is 961. The van der Waals surface area contributed by atoms with Gasteiger partial charge in [-0.1, -0.05) is 30.3 Å². The summed E-state index contributed by atoms with van der Waals surface area (Å²) in [4.78, 5) is 8.84. The topological polar surface area (TPSA) is 50.9 Å². The molecule has 0 bridgehead atoms. The van der Waals surface area contributed by atoms with E-state index in [0.29, 0.717) is 12.3 Å². The number of fused-ring (bicyclic) bond motifs is 1. The highest BCUT2D eigenvalue weighted by Crippen LogP contribution is 2.27. The van der Waals surface area contributed by atoms with Gasteiger partial charge in [0.05, 0.1) is 17.6 Å². The van der Waals surface area contributed by atoms with Crippen LogP contribution in [0.15, 0.2) is 73.1 Å². The zero-order chi connectivity index (χ0) is 15.6. The molecule has 2 aromatic heterocycles. The third kappa shape index (κ3) is 2.44. The first-order chi connectivity index (χ1) is 11.3. The van der Waals surface area contributed by atoms with Crippen LogP contribution in [0, 0.1) is 0 Å². The van der Waals surface area contributed by atoms with Crippen molar-refractivity contribution in [1.29, 1.82) is 0 Å². The van der Waals surface area contributed by atoms with Crippen LogP contribution in [-0.2, 0) is 6.54 Å². The molecular formula is C19H15N3O. The maximum Gasteiger partial charge on any atom is 0.141 e. The molecule has 2 aromatic carbocycles. The molecule has 1 N–H and O–H groups in total. The first-order valence-corrected chi connectivity index (χ1v) is 7.45. The lowest BCUT2D eigenvalue weighted by atomic mass is 10.2. The second kappa shape index (κ2) is 5.57. The van der Waals surface area contributed by atoms with Gasteiger partial charge in [-0.25, -0.2) is 4.98 Å². The summed E-state index contributed by atoms with van der Waals surface area (Å²) in [5.74, 6) is 1.17. The van der Waals surface area contributed by atoms with Crippen LogP contribution in [0.4, 0.5) is 0 Å². The van der Waals surface area contributed by atoms with Crippen molar-refractivity contribution in [3.8, 4) is 17.1 Å². The van der Waals surface area contributed by atoms with Crippen LogP contribution < -0.4 is 0 Å². The first-order valence-electron chi connectivity index (χ1n) is 7.45. The number of aromatic nitrogens is 3. The second-order valence-corrected chi connectivity index (χ2v) is 5.37. The molecule has 0 aliphatic carbocycles. The fourth-order valence-corrected chi connectivity index (χ4v) is 2.77. The summed E-state index contributed by atoms with van der Waals surface area (Å²) in [6.45, 7) is 0.560. The average Bonchev–Trinajstić information content (AvgIpc) is 2.96. The van der Waals surface area contributed by atoms with Gasteiger partial charge in [0.1, 0.15) is 11.6 Å². The SMILES string of the molecule is Oc1ccccc1Cn1c(-c2ccncc2)nc2ccccc21. The third-order valence-corrected chi connectivity index (χ3v) is 3.91. The molecule has 0 saturated carbocycles. The van der Waals surface area contributed by atoms with Gasteiger partial charge in [0.15, 0.2) is 0 Å². The third-order valence-electron chi connectivity index (χ3n) is 3.91. The van der Waals surface area contributed by atoms with E-state index in [4.69, 9.17) is 4.98 Å². The lowest BCUT2D eigenvalue weighted by molar-refractivity contribution is 0.466. The van der Waals surface area contributed by atoms with E-state index in [0.717, 1.165) is 28.0 Å². The lowest BCUT2D eigenvalue weighted by Crippen LogP contribution is -2.02. The molecule has 23 heavy (non-hydrogen) atoms. The summed E-state index contributed by atoms with van der Waals surface area (Å²) in [5.41, 5.74) is 3.86. The molecule has 112 valence electrons. The van der Waals surface area contributed by atoms with Crippen molar-refractivity contribution in [2.75, 3.05) is 0 Å². The summed E-state index contributed by atoms with van der Waals surface area (Å²) in [5, 5.41) is 10.1. The normalized spacial score (nSPS) is 11.0. The number of hydrogen-bond donors (Lipinski definition) is 1. The van der Waals surface area contributed by atoms with Crippen molar-refractivity contribution >= 4 is 11.0 Å². The molecule has 0 atom stereocenters. The van der Waals surface area contributed by atoms with Gasteiger partial charge in [0.2, 0.25) is 0 Å². The Morgan fingerprint density at radius 2 is 1.61 bits per heavy atom. The van der Waals surface area contributed by atoms with Gasteiger partial charge in [-0.2, -0.15) is 0 Å². The number of pyridine rings is 1. The minimum Gasteiger partial charge on any atom is -0.508 e. The summed E-state index contributed by atoms with van der Waals surface area (Å²) in [7, 11) is 0. The van der Waals surface area contributed by atoms with Crippen LogP contribution in [0.1, 0.15) is 5.56 Å². The predicted octanol–water partition coefficient (Wildman–Crippen LogP) is 3.85. The maximum absolute atomic E-state index is 10.1. The number of phenolic OH excluding ortho intramolecular Hbond substituents is 1. The Hall–Kier alpha value is -3.14. The van der Waals surface area contributed by atoms with E-state index in [1.807, 2.05) is 54.6 Å². The zero-order valence-corrected chi connectivity index (χ0v) is 12.4. The van der Waals surface area contributed by atoms with Crippen molar-refractivity contribution in [2.24, 2.45) is 0 Å². The van der Waals surface area contributed by atoms with Crippen molar-refractivity contribution in [1.82, 2.24) is 14.5 Å². The fourth-order valence-electron chi connectivity index (χ4n) is 2.77. The Kier molecular flexibility index (Phi) is 3.27. The average molecular weight is 301 g/mol. The molecule has 0 saturated heterocycles. The number of phenols is 1. The summed E-state index contributed by atoms with van der Waals surface area (Å²) < 4.78 is 2.12. The minimum atomic E-state index is 0.297. The molecule has 0 unspecified atom stereocenters. The highest BCUT2D eigenvalue weighted by Gasteiger charge is 2.13. The van der Waals surface area contributed by atoms with E-state index in [9.17, 15) is 5.11 Å². The smallest absolute Gasteiger partial charge is 0.141 e. The number of benzene rings is 2. The van der Waals surface area contributed by atoms with E-state index in [1.165, 1.54) is 0 Å². The van der Waals surface area contributed by atoms with Crippen molar-refractivity contribution in [3.63, 3.8) is 0 Å². The number of hydrogen-bond acceptors (Lipinski definition) is 3. The summed E-state index contributed by atoms with van der Waals surface area (Å²) in [6.07, 6.45) is 3.53. The zero-order valence-electron chi connectivity index (χ0n) is 12.4. The Morgan fingerprint density at radius 1 is 0.870 bits per heavy atom. The van der Waals surface area contributed by atoms with Crippen LogP contribution in [0.2, 0.25) is 0 Å². The molecule has 0 aliphatic heterocycles. The van der Waals surface area contributed by atoms with Crippen LogP contribution in [0.3, 0.4) is 0 Å². The molecule has 0 amide bonds. The molecule has 4 aromatic rings. The number of aromatic hydroxyl groups is 1. The van der Waals surface area contributed by atoms with Gasteiger partial charge in [-0.3, -0.25) is 4.98 Å². The van der Waals surface area contributed by atoms with E-state index in [-0.39, 0.29) is 0 Å². The van der Waals surface area contributed by atoms with Crippen LogP contribution in [0.5, 0.6) is 5.75 Å². The number of imidazole rings is 1. The van der Waals surface area contributed by atoms with Gasteiger partial charge < -0.3 is 9.67 Å². The van der Waals surface area contributed by atoms with Crippen LogP contribution in [0.25, 0.3) is 22.4 Å². The maximum atomic E-state index is 10.1. The van der Waals surface area contributed by atoms with Gasteiger partial charge in [-0.15, -0.1) is 0 Å². The van der Waals surface area contributed by atoms with Gasteiger partial charge in [0.25, 0.3) is 0 Å². The molecule has 0 fully saturated rings. The molecular weight excluding hydrogens is 286 g/mol. The standard InChI is InChI=1S/C19H15N3O/c23-18-8-4-1-5-15(18)13-22-17-7-3-2-6-16(17)21-19(22)14-9-11-20-12-10-14/h1-12,23H,13H2. The molecule has 0 radical (unpaired) electrons. The summed E-state index contributed by atoms with van der Waals surface area (Å²) >= 11 is 0. The van der Waals surface area contributed by atoms with Gasteiger partial charge in [-0.05, 0) is 30.3 Å². The molecule has 4 nitrogen and oxygen atoms in total. The van der Waals surface area contributed by atoms with Gasteiger partial charge in [0, 0.05) is 23.5 Å². The largest absolute Gasteiger partial charge is 0.508 e. The van der Waals surface area contributed by atoms with E-state index >= 15 is 0 Å². The Labute approximate surface area is 133 Å². The number of nitrogens with zero attached hydrogens (tertiary/aromatic N) is 3. The predicted molar refractivity (Wildman–Crippen MR) is 90.2 cm³/mol. The fraction of sp³-hybridized carbons (Fsp3) is 0.0526. The first kappa shape index (κ1) is 13.5. The van der Waals surface area contributed by atoms with E-state index in [2.05, 4.69) is 9.55 Å². The van der Waals surface area contributed by atoms with Crippen molar-refractivity contribution < 1.29 is 5.11 Å². The Morgan fingerprint density at radius 3 is 2.43 bits per heavy atom.